The van der Waals surface area contributed by atoms with Crippen LogP contribution in [-0.2, 0) is 13.5 Å². The zero-order valence-corrected chi connectivity index (χ0v) is 10.4. The molecular weight excluding hydrogens is 210 g/mol. The summed E-state index contributed by atoms with van der Waals surface area (Å²) in [5, 5.41) is 7.81. The Kier molecular flexibility index (Phi) is 3.81. The topological polar surface area (TPSA) is 29.9 Å². The zero-order valence-electron chi connectivity index (χ0n) is 10.4. The molecule has 0 bridgehead atoms. The van der Waals surface area contributed by atoms with E-state index in [1.165, 1.54) is 5.56 Å². The first-order valence-electron chi connectivity index (χ1n) is 6.08. The van der Waals surface area contributed by atoms with Gasteiger partial charge in [0.25, 0.3) is 0 Å². The number of hydrogen-bond donors (Lipinski definition) is 1. The molecule has 1 atom stereocenters. The molecule has 17 heavy (non-hydrogen) atoms. The molecule has 0 spiro atoms. The van der Waals surface area contributed by atoms with Gasteiger partial charge in [-0.15, -0.1) is 0 Å². The van der Waals surface area contributed by atoms with Crippen LogP contribution in [0.2, 0.25) is 0 Å². The molecule has 1 aromatic carbocycles. The van der Waals surface area contributed by atoms with Gasteiger partial charge in [0, 0.05) is 25.4 Å². The monoisotopic (exact) mass is 229 g/mol. The van der Waals surface area contributed by atoms with Crippen molar-refractivity contribution >= 4 is 5.82 Å². The van der Waals surface area contributed by atoms with Crippen LogP contribution in [0.4, 0.5) is 5.82 Å². The molecule has 0 aliphatic heterocycles. The Morgan fingerprint density at radius 3 is 2.59 bits per heavy atom. The first-order chi connectivity index (χ1) is 8.28. The molecule has 2 rings (SSSR count). The number of nitrogens with zero attached hydrogens (tertiary/aromatic N) is 2. The van der Waals surface area contributed by atoms with Gasteiger partial charge in [0.05, 0.1) is 0 Å². The van der Waals surface area contributed by atoms with Crippen molar-refractivity contribution in [2.75, 3.05) is 5.32 Å². The second-order valence-electron chi connectivity index (χ2n) is 4.31. The molecule has 0 radical (unpaired) electrons. The number of aromatic nitrogens is 2. The number of aryl methyl sites for hydroxylation is 1. The minimum atomic E-state index is 0.437. The molecule has 1 aromatic heterocycles. The summed E-state index contributed by atoms with van der Waals surface area (Å²) in [6, 6.07) is 13.0. The average molecular weight is 229 g/mol. The summed E-state index contributed by atoms with van der Waals surface area (Å²) >= 11 is 0. The molecule has 2 aromatic rings. The van der Waals surface area contributed by atoms with Gasteiger partial charge in [0.1, 0.15) is 5.82 Å². The van der Waals surface area contributed by atoms with Crippen molar-refractivity contribution in [3.8, 4) is 0 Å². The van der Waals surface area contributed by atoms with E-state index in [0.717, 1.165) is 18.7 Å². The van der Waals surface area contributed by atoms with Crippen molar-refractivity contribution in [2.45, 2.75) is 25.8 Å². The normalized spacial score (nSPS) is 12.4. The van der Waals surface area contributed by atoms with Gasteiger partial charge < -0.3 is 5.32 Å². The minimum absolute atomic E-state index is 0.437. The zero-order chi connectivity index (χ0) is 12.1. The van der Waals surface area contributed by atoms with Gasteiger partial charge in [-0.3, -0.25) is 4.68 Å². The van der Waals surface area contributed by atoms with Gasteiger partial charge in [-0.2, -0.15) is 5.10 Å². The van der Waals surface area contributed by atoms with Crippen LogP contribution in [0.15, 0.2) is 42.6 Å². The van der Waals surface area contributed by atoms with Gasteiger partial charge in [-0.1, -0.05) is 37.3 Å². The maximum Gasteiger partial charge on any atom is 0.148 e. The van der Waals surface area contributed by atoms with E-state index < -0.39 is 0 Å². The Morgan fingerprint density at radius 2 is 2.00 bits per heavy atom. The fourth-order valence-electron chi connectivity index (χ4n) is 1.90. The number of nitrogens with one attached hydrogen (secondary N) is 1. The van der Waals surface area contributed by atoms with Crippen molar-refractivity contribution in [1.82, 2.24) is 9.78 Å². The number of anilines is 1. The van der Waals surface area contributed by atoms with E-state index in [2.05, 4.69) is 47.7 Å². The van der Waals surface area contributed by atoms with Crippen LogP contribution in [0.5, 0.6) is 0 Å². The standard InChI is InChI=1S/C14H19N3/c1-3-13(11-12-7-5-4-6-8-12)15-14-9-10-17(2)16-14/h4-10,13H,3,11H2,1-2H3,(H,15,16). The van der Waals surface area contributed by atoms with Gasteiger partial charge in [0.15, 0.2) is 0 Å². The summed E-state index contributed by atoms with van der Waals surface area (Å²) in [6.45, 7) is 2.20. The highest BCUT2D eigenvalue weighted by atomic mass is 15.3. The summed E-state index contributed by atoms with van der Waals surface area (Å²) in [4.78, 5) is 0. The van der Waals surface area contributed by atoms with Gasteiger partial charge in [-0.05, 0) is 18.4 Å². The van der Waals surface area contributed by atoms with E-state index in [9.17, 15) is 0 Å². The fraction of sp³-hybridized carbons (Fsp3) is 0.357. The second kappa shape index (κ2) is 5.53. The van der Waals surface area contributed by atoms with Gasteiger partial charge in [0.2, 0.25) is 0 Å². The summed E-state index contributed by atoms with van der Waals surface area (Å²) in [5.74, 6) is 0.954. The van der Waals surface area contributed by atoms with Gasteiger partial charge >= 0.3 is 0 Å². The number of benzene rings is 1. The van der Waals surface area contributed by atoms with Crippen LogP contribution >= 0.6 is 0 Å². The third-order valence-electron chi connectivity index (χ3n) is 2.88. The van der Waals surface area contributed by atoms with Crippen LogP contribution in [0, 0.1) is 0 Å². The quantitative estimate of drug-likeness (QED) is 0.854. The Balaban J connectivity index is 1.98. The summed E-state index contributed by atoms with van der Waals surface area (Å²) in [5.41, 5.74) is 1.36. The molecule has 3 heteroatoms. The van der Waals surface area contributed by atoms with Crippen LogP contribution in [0.3, 0.4) is 0 Å². The third-order valence-corrected chi connectivity index (χ3v) is 2.88. The summed E-state index contributed by atoms with van der Waals surface area (Å²) in [6.07, 6.45) is 4.08. The molecule has 3 nitrogen and oxygen atoms in total. The van der Waals surface area contributed by atoms with E-state index in [0.29, 0.717) is 6.04 Å². The summed E-state index contributed by atoms with van der Waals surface area (Å²) < 4.78 is 1.82. The highest BCUT2D eigenvalue weighted by Crippen LogP contribution is 2.11. The van der Waals surface area contributed by atoms with E-state index in [4.69, 9.17) is 0 Å². The van der Waals surface area contributed by atoms with Crippen molar-refractivity contribution in [1.29, 1.82) is 0 Å². The minimum Gasteiger partial charge on any atom is -0.366 e. The van der Waals surface area contributed by atoms with Crippen LogP contribution in [-0.4, -0.2) is 15.8 Å². The SMILES string of the molecule is CCC(Cc1ccccc1)Nc1ccn(C)n1. The smallest absolute Gasteiger partial charge is 0.148 e. The van der Waals surface area contributed by atoms with Crippen molar-refractivity contribution in [3.05, 3.63) is 48.2 Å². The van der Waals surface area contributed by atoms with Crippen molar-refractivity contribution in [2.24, 2.45) is 7.05 Å². The maximum absolute atomic E-state index is 4.35. The van der Waals surface area contributed by atoms with Crippen LogP contribution in [0.25, 0.3) is 0 Å². The molecule has 90 valence electrons. The molecule has 0 fully saturated rings. The Morgan fingerprint density at radius 1 is 1.24 bits per heavy atom. The van der Waals surface area contributed by atoms with Crippen LogP contribution < -0.4 is 5.32 Å². The lowest BCUT2D eigenvalue weighted by atomic mass is 10.0. The Labute approximate surface area is 102 Å². The van der Waals surface area contributed by atoms with Crippen molar-refractivity contribution < 1.29 is 0 Å². The summed E-state index contributed by atoms with van der Waals surface area (Å²) in [7, 11) is 1.93. The maximum atomic E-state index is 4.35. The molecule has 0 amide bonds. The molecule has 0 saturated carbocycles. The molecule has 0 aliphatic rings. The second-order valence-corrected chi connectivity index (χ2v) is 4.31. The lowest BCUT2D eigenvalue weighted by Gasteiger charge is -2.16. The third kappa shape index (κ3) is 3.34. The molecule has 1 heterocycles. The van der Waals surface area contributed by atoms with Crippen LogP contribution in [0.1, 0.15) is 18.9 Å². The average Bonchev–Trinajstić information content (AvgIpc) is 2.75. The van der Waals surface area contributed by atoms with E-state index >= 15 is 0 Å². The predicted molar refractivity (Wildman–Crippen MR) is 71.1 cm³/mol. The fourth-order valence-corrected chi connectivity index (χ4v) is 1.90. The number of hydrogen-bond acceptors (Lipinski definition) is 2. The Bertz CT molecular complexity index is 448. The van der Waals surface area contributed by atoms with E-state index in [-0.39, 0.29) is 0 Å². The Hall–Kier alpha value is -1.77. The van der Waals surface area contributed by atoms with Gasteiger partial charge in [-0.25, -0.2) is 0 Å². The largest absolute Gasteiger partial charge is 0.366 e. The van der Waals surface area contributed by atoms with E-state index in [1.54, 1.807) is 0 Å². The van der Waals surface area contributed by atoms with E-state index in [1.807, 2.05) is 24.0 Å². The first kappa shape index (κ1) is 11.7. The first-order valence-corrected chi connectivity index (χ1v) is 6.08. The van der Waals surface area contributed by atoms with Crippen molar-refractivity contribution in [3.63, 3.8) is 0 Å². The highest BCUT2D eigenvalue weighted by molar-refractivity contribution is 5.34. The lowest BCUT2D eigenvalue weighted by Crippen LogP contribution is -2.21. The molecule has 0 saturated heterocycles. The predicted octanol–water partition coefficient (Wildman–Crippen LogP) is 2.85. The highest BCUT2D eigenvalue weighted by Gasteiger charge is 2.08. The molecule has 0 aliphatic carbocycles. The molecular formula is C14H19N3. The molecule has 1 unspecified atom stereocenters. The molecule has 1 N–H and O–H groups in total. The lowest BCUT2D eigenvalue weighted by molar-refractivity contribution is 0.679. The number of rotatable bonds is 5.